The monoisotopic (exact) mass is 353 g/mol. The molecule has 4 rings (SSSR count). The first-order chi connectivity index (χ1) is 12.6. The molecule has 0 atom stereocenters. The summed E-state index contributed by atoms with van der Waals surface area (Å²) in [4.78, 5) is 18.1. The van der Waals surface area contributed by atoms with Crippen molar-refractivity contribution in [1.82, 2.24) is 29.6 Å². The van der Waals surface area contributed by atoms with Gasteiger partial charge in [0.25, 0.3) is 0 Å². The van der Waals surface area contributed by atoms with Crippen LogP contribution in [-0.4, -0.2) is 55.8 Å². The molecule has 0 spiro atoms. The molecule has 3 aromatic heterocycles. The molecule has 8 nitrogen and oxygen atoms in total. The summed E-state index contributed by atoms with van der Waals surface area (Å²) in [6.07, 6.45) is 3.32. The highest BCUT2D eigenvalue weighted by Crippen LogP contribution is 2.16. The summed E-state index contributed by atoms with van der Waals surface area (Å²) in [7, 11) is 0. The van der Waals surface area contributed by atoms with Crippen LogP contribution in [0.25, 0.3) is 5.82 Å². The lowest BCUT2D eigenvalue weighted by Crippen LogP contribution is -2.46. The number of aromatic nitrogens is 5. The highest BCUT2D eigenvalue weighted by atomic mass is 16.3. The number of aryl methyl sites for hydroxylation is 3. The summed E-state index contributed by atoms with van der Waals surface area (Å²) in [6, 6.07) is 3.94. The zero-order valence-corrected chi connectivity index (χ0v) is 15.4. The molecule has 4 heterocycles. The Kier molecular flexibility index (Phi) is 4.42. The first kappa shape index (κ1) is 16.7. The standard InChI is InChI=1S/C18H23N7O/c1-13-10-14(2)25(22-13)17-4-5-19-18(21-17)24-8-6-23(7-9-24)11-16-15(3)26-12-20-16/h4-5,10,12H,6-9,11H2,1-3H3. The van der Waals surface area contributed by atoms with E-state index in [-0.39, 0.29) is 0 Å². The maximum absolute atomic E-state index is 5.29. The third-order valence-electron chi connectivity index (χ3n) is 4.73. The van der Waals surface area contributed by atoms with Gasteiger partial charge in [-0.25, -0.2) is 14.6 Å². The van der Waals surface area contributed by atoms with Gasteiger partial charge in [-0.1, -0.05) is 0 Å². The summed E-state index contributed by atoms with van der Waals surface area (Å²) < 4.78 is 7.15. The van der Waals surface area contributed by atoms with Gasteiger partial charge >= 0.3 is 0 Å². The maximum Gasteiger partial charge on any atom is 0.227 e. The van der Waals surface area contributed by atoms with Crippen molar-refractivity contribution >= 4 is 5.95 Å². The molecule has 0 aliphatic carbocycles. The zero-order chi connectivity index (χ0) is 18.1. The van der Waals surface area contributed by atoms with Crippen LogP contribution in [0.1, 0.15) is 22.8 Å². The Labute approximate surface area is 152 Å². The van der Waals surface area contributed by atoms with Crippen molar-refractivity contribution in [3.63, 3.8) is 0 Å². The van der Waals surface area contributed by atoms with Gasteiger partial charge in [-0.2, -0.15) is 10.1 Å². The Morgan fingerprint density at radius 2 is 1.88 bits per heavy atom. The van der Waals surface area contributed by atoms with Gasteiger partial charge in [0.15, 0.2) is 12.2 Å². The Bertz CT molecular complexity index is 893. The molecule has 1 fully saturated rings. The van der Waals surface area contributed by atoms with Crippen LogP contribution in [0.2, 0.25) is 0 Å². The first-order valence-electron chi connectivity index (χ1n) is 8.83. The predicted octanol–water partition coefficient (Wildman–Crippen LogP) is 1.90. The van der Waals surface area contributed by atoms with E-state index in [9.17, 15) is 0 Å². The fourth-order valence-corrected chi connectivity index (χ4v) is 3.27. The first-order valence-corrected chi connectivity index (χ1v) is 8.83. The van der Waals surface area contributed by atoms with Gasteiger partial charge in [-0.05, 0) is 26.8 Å². The lowest BCUT2D eigenvalue weighted by molar-refractivity contribution is 0.245. The number of piperazine rings is 1. The molecule has 0 saturated carbocycles. The Balaban J connectivity index is 1.44. The lowest BCUT2D eigenvalue weighted by atomic mass is 10.3. The van der Waals surface area contributed by atoms with E-state index in [1.165, 1.54) is 6.39 Å². The Morgan fingerprint density at radius 1 is 1.08 bits per heavy atom. The quantitative estimate of drug-likeness (QED) is 0.709. The van der Waals surface area contributed by atoms with Gasteiger partial charge in [-0.15, -0.1) is 0 Å². The van der Waals surface area contributed by atoms with Gasteiger partial charge in [0.05, 0.1) is 11.4 Å². The smallest absolute Gasteiger partial charge is 0.227 e. The highest BCUT2D eigenvalue weighted by Gasteiger charge is 2.21. The van der Waals surface area contributed by atoms with E-state index >= 15 is 0 Å². The van der Waals surface area contributed by atoms with Crippen molar-refractivity contribution in [3.8, 4) is 5.82 Å². The molecule has 0 unspecified atom stereocenters. The van der Waals surface area contributed by atoms with Crippen LogP contribution in [0.4, 0.5) is 5.95 Å². The SMILES string of the molecule is Cc1cc(C)n(-c2ccnc(N3CCN(Cc4ncoc4C)CC3)n2)n1. The minimum Gasteiger partial charge on any atom is -0.448 e. The van der Waals surface area contributed by atoms with E-state index in [1.807, 2.05) is 37.6 Å². The van der Waals surface area contributed by atoms with Gasteiger partial charge < -0.3 is 9.32 Å². The second-order valence-electron chi connectivity index (χ2n) is 6.67. The largest absolute Gasteiger partial charge is 0.448 e. The van der Waals surface area contributed by atoms with Crippen molar-refractivity contribution in [2.24, 2.45) is 0 Å². The van der Waals surface area contributed by atoms with E-state index < -0.39 is 0 Å². The van der Waals surface area contributed by atoms with Crippen LogP contribution in [0.15, 0.2) is 29.1 Å². The fraction of sp³-hybridized carbons (Fsp3) is 0.444. The molecule has 0 amide bonds. The van der Waals surface area contributed by atoms with Crippen molar-refractivity contribution in [2.45, 2.75) is 27.3 Å². The number of nitrogens with zero attached hydrogens (tertiary/aromatic N) is 7. The molecular formula is C18H23N7O. The number of oxazole rings is 1. The molecular weight excluding hydrogens is 330 g/mol. The van der Waals surface area contributed by atoms with Crippen LogP contribution in [0, 0.1) is 20.8 Å². The van der Waals surface area contributed by atoms with Crippen LogP contribution in [-0.2, 0) is 6.54 Å². The number of rotatable bonds is 4. The molecule has 0 N–H and O–H groups in total. The summed E-state index contributed by atoms with van der Waals surface area (Å²) in [5.74, 6) is 2.46. The van der Waals surface area contributed by atoms with Gasteiger partial charge in [0.1, 0.15) is 5.76 Å². The minimum absolute atomic E-state index is 0.757. The molecule has 8 heteroatoms. The third kappa shape index (κ3) is 3.32. The highest BCUT2D eigenvalue weighted by molar-refractivity contribution is 5.36. The normalized spacial score (nSPS) is 15.6. The summed E-state index contributed by atoms with van der Waals surface area (Å²) in [6.45, 7) is 10.5. The molecule has 1 saturated heterocycles. The average Bonchev–Trinajstić information content (AvgIpc) is 3.20. The van der Waals surface area contributed by atoms with E-state index in [1.54, 1.807) is 6.20 Å². The zero-order valence-electron chi connectivity index (χ0n) is 15.4. The van der Waals surface area contributed by atoms with Crippen molar-refractivity contribution in [1.29, 1.82) is 0 Å². The lowest BCUT2D eigenvalue weighted by Gasteiger charge is -2.34. The third-order valence-corrected chi connectivity index (χ3v) is 4.73. The van der Waals surface area contributed by atoms with Gasteiger partial charge in [-0.3, -0.25) is 4.90 Å². The van der Waals surface area contributed by atoms with Gasteiger partial charge in [0, 0.05) is 50.7 Å². The minimum atomic E-state index is 0.757. The van der Waals surface area contributed by atoms with Gasteiger partial charge in [0.2, 0.25) is 5.95 Å². The van der Waals surface area contributed by atoms with E-state index in [0.717, 1.165) is 67.3 Å². The van der Waals surface area contributed by atoms with Crippen molar-refractivity contribution < 1.29 is 4.42 Å². The topological polar surface area (TPSA) is 76.1 Å². The van der Waals surface area contributed by atoms with Crippen LogP contribution in [0.3, 0.4) is 0 Å². The van der Waals surface area contributed by atoms with Crippen molar-refractivity contribution in [3.05, 3.63) is 47.6 Å². The molecule has 0 aromatic carbocycles. The maximum atomic E-state index is 5.29. The molecule has 0 bridgehead atoms. The molecule has 136 valence electrons. The van der Waals surface area contributed by atoms with Crippen LogP contribution in [0.5, 0.6) is 0 Å². The molecule has 3 aromatic rings. The Hall–Kier alpha value is -2.74. The summed E-state index contributed by atoms with van der Waals surface area (Å²) >= 11 is 0. The predicted molar refractivity (Wildman–Crippen MR) is 97.4 cm³/mol. The number of hydrogen-bond acceptors (Lipinski definition) is 7. The van der Waals surface area contributed by atoms with Crippen LogP contribution >= 0.6 is 0 Å². The number of hydrogen-bond donors (Lipinski definition) is 0. The summed E-state index contributed by atoms with van der Waals surface area (Å²) in [5, 5.41) is 4.51. The molecule has 0 radical (unpaired) electrons. The second kappa shape index (κ2) is 6.87. The molecule has 26 heavy (non-hydrogen) atoms. The number of anilines is 1. The summed E-state index contributed by atoms with van der Waals surface area (Å²) in [5.41, 5.74) is 3.07. The van der Waals surface area contributed by atoms with E-state index in [0.29, 0.717) is 0 Å². The van der Waals surface area contributed by atoms with E-state index in [2.05, 4.69) is 24.9 Å². The molecule has 1 aliphatic rings. The van der Waals surface area contributed by atoms with Crippen molar-refractivity contribution in [2.75, 3.05) is 31.1 Å². The second-order valence-corrected chi connectivity index (χ2v) is 6.67. The van der Waals surface area contributed by atoms with Crippen LogP contribution < -0.4 is 4.90 Å². The average molecular weight is 353 g/mol. The molecule has 1 aliphatic heterocycles. The fourth-order valence-electron chi connectivity index (χ4n) is 3.27. The Morgan fingerprint density at radius 3 is 2.54 bits per heavy atom. The van der Waals surface area contributed by atoms with E-state index in [4.69, 9.17) is 9.40 Å².